The average Bonchev–Trinajstić information content (AvgIpc) is 3.01. The van der Waals surface area contributed by atoms with Gasteiger partial charge in [-0.05, 0) is 48.6 Å². The van der Waals surface area contributed by atoms with Gasteiger partial charge in [0.05, 0.1) is 25.3 Å². The van der Waals surface area contributed by atoms with E-state index in [1.54, 1.807) is 13.4 Å². The molecule has 18 heavy (non-hydrogen) atoms. The second kappa shape index (κ2) is 4.02. The van der Waals surface area contributed by atoms with E-state index in [1.807, 2.05) is 6.20 Å². The fourth-order valence-electron chi connectivity index (χ4n) is 2.63. The summed E-state index contributed by atoms with van der Waals surface area (Å²) in [6.45, 7) is 4.28. The molecule has 3 nitrogen and oxygen atoms in total. The fraction of sp³-hybridized carbons (Fsp3) is 0.267. The summed E-state index contributed by atoms with van der Waals surface area (Å²) in [4.78, 5) is 7.27. The van der Waals surface area contributed by atoms with Crippen LogP contribution in [0.15, 0.2) is 24.7 Å². The van der Waals surface area contributed by atoms with Gasteiger partial charge in [0.25, 0.3) is 0 Å². The highest BCUT2D eigenvalue weighted by atomic mass is 16.5. The minimum absolute atomic E-state index is 0.957. The molecule has 0 atom stereocenters. The number of benzene rings is 1. The average molecular weight is 240 g/mol. The van der Waals surface area contributed by atoms with Crippen molar-refractivity contribution in [3.63, 3.8) is 0 Å². The number of nitrogens with one attached hydrogen (secondary N) is 1. The van der Waals surface area contributed by atoms with Gasteiger partial charge in [0.2, 0.25) is 0 Å². The maximum absolute atomic E-state index is 5.46. The van der Waals surface area contributed by atoms with E-state index in [9.17, 15) is 0 Å². The van der Waals surface area contributed by atoms with Crippen LogP contribution in [0.25, 0.3) is 5.57 Å². The molecular weight excluding hydrogens is 224 g/mol. The van der Waals surface area contributed by atoms with Crippen LogP contribution in [0.3, 0.4) is 0 Å². The van der Waals surface area contributed by atoms with Gasteiger partial charge in [0.15, 0.2) is 0 Å². The van der Waals surface area contributed by atoms with Crippen molar-refractivity contribution in [2.45, 2.75) is 20.3 Å². The summed E-state index contributed by atoms with van der Waals surface area (Å²) in [5.74, 6) is 0.957. The van der Waals surface area contributed by atoms with Crippen molar-refractivity contribution >= 4 is 5.57 Å². The first-order valence-corrected chi connectivity index (χ1v) is 6.08. The molecule has 1 aliphatic rings. The third kappa shape index (κ3) is 1.47. The van der Waals surface area contributed by atoms with Crippen LogP contribution in [-0.2, 0) is 6.42 Å². The van der Waals surface area contributed by atoms with Crippen LogP contribution >= 0.6 is 0 Å². The number of ether oxygens (including phenoxy) is 1. The molecule has 3 heteroatoms. The van der Waals surface area contributed by atoms with Crippen LogP contribution in [0.2, 0.25) is 0 Å². The Balaban J connectivity index is 2.18. The van der Waals surface area contributed by atoms with Gasteiger partial charge in [-0.3, -0.25) is 0 Å². The highest BCUT2D eigenvalue weighted by molar-refractivity contribution is 5.84. The molecule has 0 amide bonds. The number of aromatic amines is 1. The lowest BCUT2D eigenvalue weighted by Gasteiger charge is -2.14. The van der Waals surface area contributed by atoms with Gasteiger partial charge >= 0.3 is 0 Å². The number of hydrogen-bond acceptors (Lipinski definition) is 2. The molecule has 1 aliphatic carbocycles. The quantitative estimate of drug-likeness (QED) is 0.876. The van der Waals surface area contributed by atoms with E-state index in [2.05, 4.69) is 36.0 Å². The van der Waals surface area contributed by atoms with E-state index in [0.717, 1.165) is 17.9 Å². The molecule has 1 aromatic carbocycles. The van der Waals surface area contributed by atoms with Crippen LogP contribution in [0.4, 0.5) is 0 Å². The smallest absolute Gasteiger partial charge is 0.122 e. The van der Waals surface area contributed by atoms with E-state index in [-0.39, 0.29) is 0 Å². The Morgan fingerprint density at radius 1 is 1.28 bits per heavy atom. The first-order valence-electron chi connectivity index (χ1n) is 6.08. The summed E-state index contributed by atoms with van der Waals surface area (Å²) >= 11 is 0. The third-order valence-corrected chi connectivity index (χ3v) is 3.79. The Morgan fingerprint density at radius 2 is 2.11 bits per heavy atom. The lowest BCUT2D eigenvalue weighted by molar-refractivity contribution is 0.411. The van der Waals surface area contributed by atoms with E-state index >= 15 is 0 Å². The van der Waals surface area contributed by atoms with Crippen LogP contribution in [0.1, 0.15) is 27.9 Å². The molecule has 0 aliphatic heterocycles. The van der Waals surface area contributed by atoms with Crippen molar-refractivity contribution in [2.75, 3.05) is 7.11 Å². The summed E-state index contributed by atoms with van der Waals surface area (Å²) in [5, 5.41) is 0. The van der Waals surface area contributed by atoms with E-state index < -0.39 is 0 Å². The Labute approximate surface area is 107 Å². The van der Waals surface area contributed by atoms with Crippen molar-refractivity contribution in [3.8, 4) is 5.75 Å². The first kappa shape index (κ1) is 11.1. The molecule has 1 N–H and O–H groups in total. The molecule has 92 valence electrons. The van der Waals surface area contributed by atoms with Crippen LogP contribution in [0, 0.1) is 13.8 Å². The Morgan fingerprint density at radius 3 is 2.78 bits per heavy atom. The van der Waals surface area contributed by atoms with Crippen LogP contribution in [0.5, 0.6) is 5.75 Å². The van der Waals surface area contributed by atoms with Gasteiger partial charge in [0.1, 0.15) is 5.75 Å². The molecule has 1 heterocycles. The number of aromatic nitrogens is 2. The maximum Gasteiger partial charge on any atom is 0.122 e. The van der Waals surface area contributed by atoms with Crippen molar-refractivity contribution in [1.29, 1.82) is 0 Å². The fourth-order valence-corrected chi connectivity index (χ4v) is 2.63. The van der Waals surface area contributed by atoms with E-state index in [1.165, 1.54) is 27.8 Å². The number of rotatable bonds is 2. The minimum atomic E-state index is 0.957. The Hall–Kier alpha value is -2.03. The number of fused-ring (bicyclic) bond motifs is 1. The lowest BCUT2D eigenvalue weighted by Crippen LogP contribution is -1.98. The molecule has 0 saturated heterocycles. The van der Waals surface area contributed by atoms with Crippen molar-refractivity contribution < 1.29 is 4.74 Å². The van der Waals surface area contributed by atoms with Gasteiger partial charge in [-0.25, -0.2) is 4.98 Å². The van der Waals surface area contributed by atoms with Crippen molar-refractivity contribution in [3.05, 3.63) is 52.6 Å². The summed E-state index contributed by atoms with van der Waals surface area (Å²) < 4.78 is 5.46. The lowest BCUT2D eigenvalue weighted by atomic mass is 9.95. The molecule has 0 fully saturated rings. The highest BCUT2D eigenvalue weighted by Crippen LogP contribution is 2.38. The number of methoxy groups -OCH3 is 1. The zero-order valence-corrected chi connectivity index (χ0v) is 10.9. The molecule has 1 aromatic heterocycles. The van der Waals surface area contributed by atoms with Crippen LogP contribution in [-0.4, -0.2) is 17.1 Å². The van der Waals surface area contributed by atoms with Gasteiger partial charge in [-0.15, -0.1) is 0 Å². The predicted octanol–water partition coefficient (Wildman–Crippen LogP) is 3.02. The van der Waals surface area contributed by atoms with E-state index in [0.29, 0.717) is 0 Å². The molecular formula is C15H16N2O. The molecule has 0 saturated carbocycles. The molecule has 0 unspecified atom stereocenters. The third-order valence-electron chi connectivity index (χ3n) is 3.79. The first-order chi connectivity index (χ1) is 8.72. The monoisotopic (exact) mass is 240 g/mol. The minimum Gasteiger partial charge on any atom is -0.496 e. The van der Waals surface area contributed by atoms with Crippen LogP contribution < -0.4 is 4.74 Å². The number of hydrogen-bond donors (Lipinski definition) is 1. The molecule has 0 bridgehead atoms. The zero-order valence-electron chi connectivity index (χ0n) is 10.9. The van der Waals surface area contributed by atoms with E-state index in [4.69, 9.17) is 4.74 Å². The summed E-state index contributed by atoms with van der Waals surface area (Å²) in [6.07, 6.45) is 6.82. The summed E-state index contributed by atoms with van der Waals surface area (Å²) in [6, 6.07) is 2.14. The number of H-pyrrole nitrogens is 1. The van der Waals surface area contributed by atoms with Gasteiger partial charge < -0.3 is 9.72 Å². The molecule has 0 radical (unpaired) electrons. The topological polar surface area (TPSA) is 37.9 Å². The van der Waals surface area contributed by atoms with Gasteiger partial charge in [0, 0.05) is 5.57 Å². The number of nitrogens with zero attached hydrogens (tertiary/aromatic N) is 1. The second-order valence-corrected chi connectivity index (χ2v) is 4.64. The largest absolute Gasteiger partial charge is 0.496 e. The van der Waals surface area contributed by atoms with Gasteiger partial charge in [-0.1, -0.05) is 6.08 Å². The summed E-state index contributed by atoms with van der Waals surface area (Å²) in [7, 11) is 1.72. The molecule has 2 aromatic rings. The predicted molar refractivity (Wildman–Crippen MR) is 71.8 cm³/mol. The van der Waals surface area contributed by atoms with Gasteiger partial charge in [-0.2, -0.15) is 0 Å². The normalized spacial score (nSPS) is 13.4. The number of allylic oxidation sites excluding steroid dienone is 1. The van der Waals surface area contributed by atoms with Crippen molar-refractivity contribution in [1.82, 2.24) is 9.97 Å². The SMILES string of the molecule is COc1cc2c(c(C)c1C)CC=C2c1cnc[nH]1. The standard InChI is InChI=1S/C15H16N2O/c1-9-10(2)15(18-3)6-13-11(9)4-5-12(13)14-7-16-8-17-14/h5-8H,4H2,1-3H3,(H,16,17). The second-order valence-electron chi connectivity index (χ2n) is 4.64. The molecule has 0 spiro atoms. The number of imidazole rings is 1. The zero-order chi connectivity index (χ0) is 12.7. The Bertz CT molecular complexity index is 624. The molecule has 3 rings (SSSR count). The maximum atomic E-state index is 5.46. The highest BCUT2D eigenvalue weighted by Gasteiger charge is 2.21. The Kier molecular flexibility index (Phi) is 2.47. The summed E-state index contributed by atoms with van der Waals surface area (Å²) in [5.41, 5.74) is 7.52. The van der Waals surface area contributed by atoms with Crippen molar-refractivity contribution in [2.24, 2.45) is 0 Å².